The van der Waals surface area contributed by atoms with Gasteiger partial charge in [0.25, 0.3) is 0 Å². The number of aliphatic imine (C=N–C) groups is 1. The Balaban J connectivity index is 1.72. The number of hydrogen-bond acceptors (Lipinski definition) is 3. The van der Waals surface area contributed by atoms with E-state index in [0.29, 0.717) is 12.2 Å². The summed E-state index contributed by atoms with van der Waals surface area (Å²) in [6, 6.07) is 0.0149. The molecule has 6 heteroatoms. The number of guanidine groups is 1. The average Bonchev–Trinajstić information content (AvgIpc) is 2.84. The molecule has 0 spiro atoms. The van der Waals surface area contributed by atoms with Crippen LogP contribution in [-0.4, -0.2) is 45.0 Å². The number of rotatable bonds is 6. The third-order valence-corrected chi connectivity index (χ3v) is 6.45. The van der Waals surface area contributed by atoms with Gasteiger partial charge in [-0.3, -0.25) is 4.99 Å². The van der Waals surface area contributed by atoms with Crippen LogP contribution in [0.2, 0.25) is 0 Å². The van der Waals surface area contributed by atoms with Gasteiger partial charge in [0.1, 0.15) is 0 Å². The summed E-state index contributed by atoms with van der Waals surface area (Å²) in [7, 11) is -2.84. The highest BCUT2D eigenvalue weighted by molar-refractivity contribution is 7.91. The third-order valence-electron chi connectivity index (χ3n) is 4.68. The molecule has 2 rings (SSSR count). The predicted molar refractivity (Wildman–Crippen MR) is 92.0 cm³/mol. The first kappa shape index (κ1) is 17.6. The van der Waals surface area contributed by atoms with Gasteiger partial charge in [-0.15, -0.1) is 0 Å². The van der Waals surface area contributed by atoms with E-state index in [0.717, 1.165) is 31.4 Å². The zero-order chi connectivity index (χ0) is 15.8. The lowest BCUT2D eigenvalue weighted by atomic mass is 9.86. The van der Waals surface area contributed by atoms with Gasteiger partial charge in [-0.1, -0.05) is 32.1 Å². The third kappa shape index (κ3) is 6.15. The van der Waals surface area contributed by atoms with Gasteiger partial charge in [0, 0.05) is 19.1 Å². The molecule has 2 N–H and O–H groups in total. The monoisotopic (exact) mass is 329 g/mol. The van der Waals surface area contributed by atoms with Crippen molar-refractivity contribution < 1.29 is 8.42 Å². The summed E-state index contributed by atoms with van der Waals surface area (Å²) < 4.78 is 23.0. The van der Waals surface area contributed by atoms with E-state index in [2.05, 4.69) is 15.6 Å². The lowest BCUT2D eigenvalue weighted by molar-refractivity contribution is 0.334. The molecular formula is C16H31N3O2S. The summed E-state index contributed by atoms with van der Waals surface area (Å²) in [5, 5.41) is 6.49. The fraction of sp³-hybridized carbons (Fsp3) is 0.938. The number of sulfone groups is 1. The van der Waals surface area contributed by atoms with Crippen LogP contribution in [0.5, 0.6) is 0 Å². The molecule has 0 bridgehead atoms. The Morgan fingerprint density at radius 1 is 1.18 bits per heavy atom. The first-order valence-corrected chi connectivity index (χ1v) is 10.7. The van der Waals surface area contributed by atoms with Gasteiger partial charge in [-0.2, -0.15) is 0 Å². The Labute approximate surface area is 135 Å². The number of hydrogen-bond donors (Lipinski definition) is 2. The van der Waals surface area contributed by atoms with Gasteiger partial charge in [-0.25, -0.2) is 8.42 Å². The van der Waals surface area contributed by atoms with E-state index >= 15 is 0 Å². The van der Waals surface area contributed by atoms with Gasteiger partial charge in [-0.05, 0) is 32.1 Å². The molecule has 1 saturated heterocycles. The summed E-state index contributed by atoms with van der Waals surface area (Å²) in [6.07, 6.45) is 10.1. The van der Waals surface area contributed by atoms with Gasteiger partial charge >= 0.3 is 0 Å². The predicted octanol–water partition coefficient (Wildman–Crippen LogP) is 2.09. The molecule has 1 heterocycles. The van der Waals surface area contributed by atoms with Crippen LogP contribution in [0.15, 0.2) is 4.99 Å². The van der Waals surface area contributed by atoms with Crippen molar-refractivity contribution >= 4 is 15.8 Å². The van der Waals surface area contributed by atoms with E-state index < -0.39 is 9.84 Å². The lowest BCUT2D eigenvalue weighted by Gasteiger charge is -2.21. The molecule has 0 aromatic carbocycles. The van der Waals surface area contributed by atoms with E-state index in [9.17, 15) is 8.42 Å². The summed E-state index contributed by atoms with van der Waals surface area (Å²) >= 11 is 0. The van der Waals surface area contributed by atoms with Crippen molar-refractivity contribution in [3.8, 4) is 0 Å². The van der Waals surface area contributed by atoms with Gasteiger partial charge in [0.15, 0.2) is 15.8 Å². The number of nitrogens with zero attached hydrogens (tertiary/aromatic N) is 1. The Morgan fingerprint density at radius 3 is 2.59 bits per heavy atom. The van der Waals surface area contributed by atoms with Crippen molar-refractivity contribution in [2.24, 2.45) is 10.9 Å². The van der Waals surface area contributed by atoms with Crippen LogP contribution in [0.3, 0.4) is 0 Å². The first-order chi connectivity index (χ1) is 10.6. The minimum Gasteiger partial charge on any atom is -0.357 e. The Hall–Kier alpha value is -0.780. The molecule has 2 aliphatic rings. The average molecular weight is 330 g/mol. The van der Waals surface area contributed by atoms with Crippen LogP contribution in [0.4, 0.5) is 0 Å². The molecule has 1 unspecified atom stereocenters. The van der Waals surface area contributed by atoms with Crippen LogP contribution in [-0.2, 0) is 9.84 Å². The molecule has 2 fully saturated rings. The van der Waals surface area contributed by atoms with Crippen LogP contribution in [0, 0.1) is 5.92 Å². The van der Waals surface area contributed by atoms with Crippen LogP contribution >= 0.6 is 0 Å². The molecule has 0 amide bonds. The minimum absolute atomic E-state index is 0.0149. The van der Waals surface area contributed by atoms with E-state index in [1.54, 1.807) is 0 Å². The summed E-state index contributed by atoms with van der Waals surface area (Å²) in [5.74, 6) is 2.21. The van der Waals surface area contributed by atoms with Crippen molar-refractivity contribution in [1.29, 1.82) is 0 Å². The molecule has 0 aromatic heterocycles. The summed E-state index contributed by atoms with van der Waals surface area (Å²) in [5.41, 5.74) is 0. The standard InChI is InChI=1S/C16H31N3O2S/c1-2-17-16(19-15-10-12-22(20,21)13-15)18-11-6-9-14-7-4-3-5-8-14/h14-15H,2-13H2,1H3,(H2,17,18,19). The van der Waals surface area contributed by atoms with Crippen LogP contribution in [0.25, 0.3) is 0 Å². The maximum atomic E-state index is 11.5. The SMILES string of the molecule is CCNC(=NCCCC1CCCCC1)NC1CCS(=O)(=O)C1. The van der Waals surface area contributed by atoms with Gasteiger partial charge in [0.05, 0.1) is 11.5 Å². The fourth-order valence-corrected chi connectivity index (χ4v) is 5.14. The van der Waals surface area contributed by atoms with Crippen molar-refractivity contribution in [3.05, 3.63) is 0 Å². The molecule has 5 nitrogen and oxygen atoms in total. The zero-order valence-corrected chi connectivity index (χ0v) is 14.6. The van der Waals surface area contributed by atoms with E-state index in [4.69, 9.17) is 0 Å². The molecule has 1 aliphatic heterocycles. The van der Waals surface area contributed by atoms with Crippen molar-refractivity contribution in [2.45, 2.75) is 64.3 Å². The number of nitrogens with one attached hydrogen (secondary N) is 2. The minimum atomic E-state index is -2.84. The molecule has 1 saturated carbocycles. The van der Waals surface area contributed by atoms with Crippen LogP contribution < -0.4 is 10.6 Å². The van der Waals surface area contributed by atoms with Crippen molar-refractivity contribution in [2.75, 3.05) is 24.6 Å². The molecule has 128 valence electrons. The highest BCUT2D eigenvalue weighted by atomic mass is 32.2. The smallest absolute Gasteiger partial charge is 0.191 e. The highest BCUT2D eigenvalue weighted by Gasteiger charge is 2.28. The van der Waals surface area contributed by atoms with Crippen LogP contribution in [0.1, 0.15) is 58.3 Å². The molecule has 0 radical (unpaired) electrons. The fourth-order valence-electron chi connectivity index (χ4n) is 3.47. The largest absolute Gasteiger partial charge is 0.357 e. The second-order valence-electron chi connectivity index (χ2n) is 6.65. The molecule has 0 aromatic rings. The topological polar surface area (TPSA) is 70.6 Å². The Kier molecular flexibility index (Phi) is 6.99. The molecule has 1 atom stereocenters. The zero-order valence-electron chi connectivity index (χ0n) is 13.8. The molecule has 1 aliphatic carbocycles. The Morgan fingerprint density at radius 2 is 1.95 bits per heavy atom. The summed E-state index contributed by atoms with van der Waals surface area (Å²) in [6.45, 7) is 3.66. The second-order valence-corrected chi connectivity index (χ2v) is 8.88. The normalized spacial score (nSPS) is 26.0. The Bertz CT molecular complexity index is 456. The van der Waals surface area contributed by atoms with E-state index in [1.165, 1.54) is 38.5 Å². The van der Waals surface area contributed by atoms with Gasteiger partial charge < -0.3 is 10.6 Å². The van der Waals surface area contributed by atoms with E-state index in [-0.39, 0.29) is 11.8 Å². The highest BCUT2D eigenvalue weighted by Crippen LogP contribution is 2.27. The molecule has 22 heavy (non-hydrogen) atoms. The summed E-state index contributed by atoms with van der Waals surface area (Å²) in [4.78, 5) is 4.61. The van der Waals surface area contributed by atoms with Crippen molar-refractivity contribution in [1.82, 2.24) is 10.6 Å². The second kappa shape index (κ2) is 8.75. The maximum Gasteiger partial charge on any atom is 0.191 e. The molecular weight excluding hydrogens is 298 g/mol. The lowest BCUT2D eigenvalue weighted by Crippen LogP contribution is -2.44. The van der Waals surface area contributed by atoms with Gasteiger partial charge in [0.2, 0.25) is 0 Å². The maximum absolute atomic E-state index is 11.5. The first-order valence-electron chi connectivity index (χ1n) is 8.84. The van der Waals surface area contributed by atoms with E-state index in [1.807, 2.05) is 6.92 Å². The van der Waals surface area contributed by atoms with Crippen molar-refractivity contribution in [3.63, 3.8) is 0 Å². The quantitative estimate of drug-likeness (QED) is 0.445.